The minimum atomic E-state index is 0.0394. The Labute approximate surface area is 84.9 Å². The van der Waals surface area contributed by atoms with Crippen molar-refractivity contribution in [3.05, 3.63) is 36.2 Å². The van der Waals surface area contributed by atoms with Crippen molar-refractivity contribution in [2.45, 2.75) is 0 Å². The van der Waals surface area contributed by atoms with E-state index in [9.17, 15) is 0 Å². The van der Waals surface area contributed by atoms with Gasteiger partial charge in [0.2, 0.25) is 0 Å². The van der Waals surface area contributed by atoms with Crippen LogP contribution in [-0.4, -0.2) is 20.3 Å². The molecule has 0 atom stereocenters. The highest BCUT2D eigenvalue weighted by Crippen LogP contribution is 2.12. The van der Waals surface area contributed by atoms with Gasteiger partial charge in [-0.25, -0.2) is 0 Å². The molecule has 0 bridgehead atoms. The van der Waals surface area contributed by atoms with E-state index in [-0.39, 0.29) is 5.17 Å². The Hall–Kier alpha value is -1.68. The van der Waals surface area contributed by atoms with Crippen molar-refractivity contribution in [2.75, 3.05) is 0 Å². The topological polar surface area (TPSA) is 58.4 Å². The summed E-state index contributed by atoms with van der Waals surface area (Å²) < 4.78 is 0. The van der Waals surface area contributed by atoms with Gasteiger partial charge in [0.15, 0.2) is 5.17 Å². The summed E-state index contributed by atoms with van der Waals surface area (Å²) in [6.07, 6.45) is 3.21. The summed E-state index contributed by atoms with van der Waals surface area (Å²) >= 11 is 5.64. The molecule has 0 unspecified atom stereocenters. The third kappa shape index (κ3) is 1.52. The van der Waals surface area contributed by atoms with E-state index >= 15 is 0 Å². The number of benzene rings is 1. The van der Waals surface area contributed by atoms with E-state index in [1.54, 1.807) is 30.6 Å². The molecule has 2 rings (SSSR count). The summed E-state index contributed by atoms with van der Waals surface area (Å²) in [6.45, 7) is 0. The van der Waals surface area contributed by atoms with E-state index in [1.165, 1.54) is 0 Å². The van der Waals surface area contributed by atoms with Gasteiger partial charge in [-0.1, -0.05) is 16.8 Å². The Morgan fingerprint density at radius 2 is 1.93 bits per heavy atom. The highest BCUT2D eigenvalue weighted by atomic mass is 35.5. The van der Waals surface area contributed by atoms with Crippen LogP contribution in [-0.2, 0) is 0 Å². The first-order valence-corrected chi connectivity index (χ1v) is 4.28. The molecule has 1 aromatic heterocycles. The first-order valence-electron chi connectivity index (χ1n) is 3.90. The number of aromatic nitrogens is 2. The Morgan fingerprint density at radius 3 is 2.64 bits per heavy atom. The summed E-state index contributed by atoms with van der Waals surface area (Å²) in [6, 6.07) is 5.20. The Kier molecular flexibility index (Phi) is 2.28. The zero-order chi connectivity index (χ0) is 9.97. The molecule has 4 nitrogen and oxygen atoms in total. The molecular formula is C9H6ClN3O. The van der Waals surface area contributed by atoms with Gasteiger partial charge >= 0.3 is 0 Å². The van der Waals surface area contributed by atoms with E-state index < -0.39 is 0 Å². The fraction of sp³-hybridized carbons (Fsp3) is 0. The Balaban J connectivity index is 2.62. The number of hydrogen-bond donors (Lipinski definition) is 1. The average Bonchev–Trinajstić information content (AvgIpc) is 2.27. The minimum absolute atomic E-state index is 0.0394. The van der Waals surface area contributed by atoms with Crippen molar-refractivity contribution in [2.24, 2.45) is 5.16 Å². The predicted octanol–water partition coefficient (Wildman–Crippen LogP) is 2.00. The van der Waals surface area contributed by atoms with Gasteiger partial charge in [-0.3, -0.25) is 9.97 Å². The smallest absolute Gasteiger partial charge is 0.175 e. The van der Waals surface area contributed by atoms with Crippen molar-refractivity contribution >= 4 is 27.8 Å². The molecule has 0 radical (unpaired) electrons. The molecule has 0 aliphatic heterocycles. The van der Waals surface area contributed by atoms with Crippen molar-refractivity contribution in [3.63, 3.8) is 0 Å². The standard InChI is InChI=1S/C9H6ClN3O/c10-9(13-14)6-1-2-7-8(5-6)12-4-3-11-7/h1-5,14H/b13-9+. The largest absolute Gasteiger partial charge is 0.410 e. The third-order valence-electron chi connectivity index (χ3n) is 1.80. The lowest BCUT2D eigenvalue weighted by molar-refractivity contribution is 0.321. The van der Waals surface area contributed by atoms with Crippen LogP contribution < -0.4 is 0 Å². The van der Waals surface area contributed by atoms with Crippen LogP contribution in [0.2, 0.25) is 0 Å². The number of halogens is 1. The van der Waals surface area contributed by atoms with Gasteiger partial charge < -0.3 is 5.21 Å². The highest BCUT2D eigenvalue weighted by molar-refractivity contribution is 6.69. The van der Waals surface area contributed by atoms with Gasteiger partial charge in [0, 0.05) is 18.0 Å². The van der Waals surface area contributed by atoms with E-state index in [2.05, 4.69) is 15.1 Å². The summed E-state index contributed by atoms with van der Waals surface area (Å²) in [4.78, 5) is 8.20. The SMILES string of the molecule is O/N=C(/Cl)c1ccc2nccnc2c1. The van der Waals surface area contributed by atoms with Crippen LogP contribution in [0.4, 0.5) is 0 Å². The summed E-state index contributed by atoms with van der Waals surface area (Å²) in [5, 5.41) is 11.4. The van der Waals surface area contributed by atoms with Crippen molar-refractivity contribution < 1.29 is 5.21 Å². The molecule has 1 N–H and O–H groups in total. The van der Waals surface area contributed by atoms with Crippen LogP contribution in [0.25, 0.3) is 11.0 Å². The first kappa shape index (κ1) is 8.90. The Bertz CT molecular complexity index is 498. The van der Waals surface area contributed by atoms with Gasteiger partial charge in [-0.15, -0.1) is 0 Å². The normalized spacial score (nSPS) is 11.9. The lowest BCUT2D eigenvalue weighted by atomic mass is 10.2. The maximum Gasteiger partial charge on any atom is 0.175 e. The zero-order valence-corrected chi connectivity index (χ0v) is 7.81. The summed E-state index contributed by atoms with van der Waals surface area (Å²) in [5.74, 6) is 0. The molecule has 0 fully saturated rings. The van der Waals surface area contributed by atoms with Gasteiger partial charge in [0.25, 0.3) is 0 Å². The molecule has 1 aromatic carbocycles. The maximum absolute atomic E-state index is 8.48. The van der Waals surface area contributed by atoms with Crippen LogP contribution >= 0.6 is 11.6 Å². The molecule has 14 heavy (non-hydrogen) atoms. The third-order valence-corrected chi connectivity index (χ3v) is 2.09. The second-order valence-corrected chi connectivity index (χ2v) is 3.01. The zero-order valence-electron chi connectivity index (χ0n) is 7.05. The fourth-order valence-corrected chi connectivity index (χ4v) is 1.27. The van der Waals surface area contributed by atoms with Crippen LogP contribution in [0.3, 0.4) is 0 Å². The number of rotatable bonds is 1. The molecule has 2 aromatic rings. The number of oxime groups is 1. The molecule has 0 aliphatic carbocycles. The highest BCUT2D eigenvalue weighted by Gasteiger charge is 2.02. The molecule has 0 amide bonds. The van der Waals surface area contributed by atoms with E-state index in [4.69, 9.17) is 16.8 Å². The molecule has 0 spiro atoms. The van der Waals surface area contributed by atoms with E-state index in [0.717, 1.165) is 5.52 Å². The van der Waals surface area contributed by atoms with Gasteiger partial charge in [-0.2, -0.15) is 0 Å². The number of nitrogens with zero attached hydrogens (tertiary/aromatic N) is 3. The van der Waals surface area contributed by atoms with Crippen molar-refractivity contribution in [3.8, 4) is 0 Å². The van der Waals surface area contributed by atoms with Crippen LogP contribution in [0.1, 0.15) is 5.56 Å². The molecule has 0 aliphatic rings. The van der Waals surface area contributed by atoms with Crippen molar-refractivity contribution in [1.82, 2.24) is 9.97 Å². The quantitative estimate of drug-likeness (QED) is 0.442. The van der Waals surface area contributed by atoms with Gasteiger partial charge in [0.1, 0.15) is 0 Å². The van der Waals surface area contributed by atoms with Gasteiger partial charge in [-0.05, 0) is 18.2 Å². The fourth-order valence-electron chi connectivity index (χ4n) is 1.15. The predicted molar refractivity (Wildman–Crippen MR) is 53.7 cm³/mol. The second kappa shape index (κ2) is 3.59. The maximum atomic E-state index is 8.48. The monoisotopic (exact) mass is 207 g/mol. The summed E-state index contributed by atoms with van der Waals surface area (Å²) in [7, 11) is 0. The second-order valence-electron chi connectivity index (χ2n) is 2.65. The number of fused-ring (bicyclic) bond motifs is 1. The van der Waals surface area contributed by atoms with Crippen LogP contribution in [0, 0.1) is 0 Å². The first-order chi connectivity index (χ1) is 6.81. The molecule has 0 saturated carbocycles. The van der Waals surface area contributed by atoms with Gasteiger partial charge in [0.05, 0.1) is 11.0 Å². The van der Waals surface area contributed by atoms with Crippen molar-refractivity contribution in [1.29, 1.82) is 0 Å². The lowest BCUT2D eigenvalue weighted by Gasteiger charge is -1.98. The molecule has 0 saturated heterocycles. The van der Waals surface area contributed by atoms with Crippen LogP contribution in [0.15, 0.2) is 35.7 Å². The van der Waals surface area contributed by atoms with Crippen LogP contribution in [0.5, 0.6) is 0 Å². The number of hydrogen-bond acceptors (Lipinski definition) is 4. The molecule has 5 heteroatoms. The lowest BCUT2D eigenvalue weighted by Crippen LogP contribution is -1.92. The average molecular weight is 208 g/mol. The van der Waals surface area contributed by atoms with E-state index in [0.29, 0.717) is 11.1 Å². The summed E-state index contributed by atoms with van der Waals surface area (Å²) in [5.41, 5.74) is 2.10. The molecular weight excluding hydrogens is 202 g/mol. The van der Waals surface area contributed by atoms with E-state index in [1.807, 2.05) is 0 Å². The minimum Gasteiger partial charge on any atom is -0.410 e. The molecule has 70 valence electrons. The molecule has 1 heterocycles. The Morgan fingerprint density at radius 1 is 1.21 bits per heavy atom.